The van der Waals surface area contributed by atoms with Crippen molar-refractivity contribution < 1.29 is 0 Å². The molecular formula is C17H14BrN. The molecule has 0 atom stereocenters. The summed E-state index contributed by atoms with van der Waals surface area (Å²) in [5.74, 6) is 0. The highest BCUT2D eigenvalue weighted by molar-refractivity contribution is 9.10. The van der Waals surface area contributed by atoms with Gasteiger partial charge in [-0.3, -0.25) is 0 Å². The molecule has 0 spiro atoms. The molecule has 0 aliphatic rings. The van der Waals surface area contributed by atoms with Crippen LogP contribution in [0.25, 0.3) is 22.0 Å². The molecule has 0 bridgehead atoms. The fourth-order valence-electron chi connectivity index (χ4n) is 2.43. The zero-order valence-electron chi connectivity index (χ0n) is 10.5. The topological polar surface area (TPSA) is 4.93 Å². The Balaban J connectivity index is 2.30. The van der Waals surface area contributed by atoms with Gasteiger partial charge in [-0.1, -0.05) is 58.4 Å². The molecule has 0 aliphatic carbocycles. The second kappa shape index (κ2) is 5.06. The number of hydrogen-bond acceptors (Lipinski definition) is 0. The van der Waals surface area contributed by atoms with Gasteiger partial charge in [-0.2, -0.15) is 0 Å². The molecule has 0 aliphatic heterocycles. The van der Waals surface area contributed by atoms with Gasteiger partial charge >= 0.3 is 0 Å². The van der Waals surface area contributed by atoms with Gasteiger partial charge in [-0.15, -0.1) is 6.58 Å². The third-order valence-electron chi connectivity index (χ3n) is 3.28. The Morgan fingerprint density at radius 1 is 1.00 bits per heavy atom. The van der Waals surface area contributed by atoms with E-state index in [1.165, 1.54) is 22.0 Å². The van der Waals surface area contributed by atoms with Crippen molar-refractivity contribution >= 4 is 26.8 Å². The van der Waals surface area contributed by atoms with Crippen LogP contribution in [0.2, 0.25) is 0 Å². The molecule has 1 heterocycles. The normalized spacial score (nSPS) is 10.8. The summed E-state index contributed by atoms with van der Waals surface area (Å²) in [6.07, 6.45) is 4.13. The number of para-hydroxylation sites is 1. The third kappa shape index (κ3) is 2.13. The molecule has 3 aromatic rings. The number of nitrogens with zero attached hydrogens (tertiary/aromatic N) is 1. The van der Waals surface area contributed by atoms with E-state index in [-0.39, 0.29) is 0 Å². The highest BCUT2D eigenvalue weighted by atomic mass is 79.9. The van der Waals surface area contributed by atoms with Crippen LogP contribution in [0, 0.1) is 0 Å². The SMILES string of the molecule is C=CCn1cc(-c2ccccc2Br)c2ccccc21. The Hall–Kier alpha value is -1.80. The van der Waals surface area contributed by atoms with Crippen LogP contribution in [0.1, 0.15) is 0 Å². The van der Waals surface area contributed by atoms with E-state index >= 15 is 0 Å². The molecule has 0 unspecified atom stereocenters. The standard InChI is InChI=1S/C17H14BrN/c1-2-11-19-12-15(13-7-3-5-9-16(13)18)14-8-4-6-10-17(14)19/h2-10,12H,1,11H2. The highest BCUT2D eigenvalue weighted by Crippen LogP contribution is 2.34. The molecule has 94 valence electrons. The minimum absolute atomic E-state index is 0.824. The number of rotatable bonds is 3. The number of halogens is 1. The Morgan fingerprint density at radius 2 is 1.74 bits per heavy atom. The van der Waals surface area contributed by atoms with Gasteiger partial charge in [0, 0.05) is 33.7 Å². The van der Waals surface area contributed by atoms with Crippen LogP contribution in [0.3, 0.4) is 0 Å². The molecule has 0 saturated carbocycles. The first kappa shape index (κ1) is 12.2. The fraction of sp³-hybridized carbons (Fsp3) is 0.0588. The van der Waals surface area contributed by atoms with Crippen LogP contribution >= 0.6 is 15.9 Å². The van der Waals surface area contributed by atoms with Crippen molar-refractivity contribution in [3.05, 3.63) is 71.9 Å². The molecule has 0 fully saturated rings. The van der Waals surface area contributed by atoms with Gasteiger partial charge in [0.1, 0.15) is 0 Å². The van der Waals surface area contributed by atoms with Gasteiger partial charge < -0.3 is 4.57 Å². The number of aromatic nitrogens is 1. The first-order valence-electron chi connectivity index (χ1n) is 6.25. The van der Waals surface area contributed by atoms with E-state index < -0.39 is 0 Å². The quantitative estimate of drug-likeness (QED) is 0.582. The summed E-state index contributed by atoms with van der Waals surface area (Å²) in [6.45, 7) is 4.66. The highest BCUT2D eigenvalue weighted by Gasteiger charge is 2.11. The molecule has 0 saturated heterocycles. The first-order valence-corrected chi connectivity index (χ1v) is 7.04. The van der Waals surface area contributed by atoms with E-state index in [1.54, 1.807) is 0 Å². The molecule has 1 aromatic heterocycles. The van der Waals surface area contributed by atoms with Crippen LogP contribution in [0.4, 0.5) is 0 Å². The zero-order chi connectivity index (χ0) is 13.2. The fourth-order valence-corrected chi connectivity index (χ4v) is 2.93. The van der Waals surface area contributed by atoms with E-state index in [1.807, 2.05) is 12.1 Å². The average molecular weight is 312 g/mol. The minimum Gasteiger partial charge on any atom is -0.343 e. The van der Waals surface area contributed by atoms with Crippen molar-refractivity contribution in [1.29, 1.82) is 0 Å². The van der Waals surface area contributed by atoms with Crippen molar-refractivity contribution in [2.45, 2.75) is 6.54 Å². The molecule has 0 N–H and O–H groups in total. The monoisotopic (exact) mass is 311 g/mol. The molecule has 0 radical (unpaired) electrons. The van der Waals surface area contributed by atoms with E-state index in [4.69, 9.17) is 0 Å². The van der Waals surface area contributed by atoms with Gasteiger partial charge in [0.15, 0.2) is 0 Å². The molecule has 19 heavy (non-hydrogen) atoms. The van der Waals surface area contributed by atoms with Crippen LogP contribution in [-0.4, -0.2) is 4.57 Å². The van der Waals surface area contributed by atoms with Crippen molar-refractivity contribution in [1.82, 2.24) is 4.57 Å². The molecular weight excluding hydrogens is 298 g/mol. The smallest absolute Gasteiger partial charge is 0.0489 e. The number of allylic oxidation sites excluding steroid dienone is 1. The second-order valence-corrected chi connectivity index (χ2v) is 5.34. The van der Waals surface area contributed by atoms with E-state index in [0.717, 1.165) is 11.0 Å². The Bertz CT molecular complexity index is 740. The van der Waals surface area contributed by atoms with Gasteiger partial charge in [-0.25, -0.2) is 0 Å². The van der Waals surface area contributed by atoms with Crippen molar-refractivity contribution in [3.63, 3.8) is 0 Å². The Kier molecular flexibility index (Phi) is 3.26. The minimum atomic E-state index is 0.824. The number of fused-ring (bicyclic) bond motifs is 1. The van der Waals surface area contributed by atoms with Gasteiger partial charge in [0.25, 0.3) is 0 Å². The summed E-state index contributed by atoms with van der Waals surface area (Å²) in [7, 11) is 0. The molecule has 0 amide bonds. The maximum absolute atomic E-state index is 3.83. The van der Waals surface area contributed by atoms with Crippen LogP contribution < -0.4 is 0 Å². The summed E-state index contributed by atoms with van der Waals surface area (Å²) in [5, 5.41) is 1.27. The molecule has 2 aromatic carbocycles. The van der Waals surface area contributed by atoms with Crippen molar-refractivity contribution in [2.24, 2.45) is 0 Å². The van der Waals surface area contributed by atoms with Gasteiger partial charge in [0.2, 0.25) is 0 Å². The largest absolute Gasteiger partial charge is 0.343 e. The van der Waals surface area contributed by atoms with Crippen molar-refractivity contribution in [3.8, 4) is 11.1 Å². The van der Waals surface area contributed by atoms with Crippen molar-refractivity contribution in [2.75, 3.05) is 0 Å². The van der Waals surface area contributed by atoms with Crippen LogP contribution in [0.15, 0.2) is 71.9 Å². The summed E-state index contributed by atoms with van der Waals surface area (Å²) >= 11 is 3.64. The molecule has 1 nitrogen and oxygen atoms in total. The lowest BCUT2D eigenvalue weighted by Crippen LogP contribution is -1.91. The average Bonchev–Trinajstić information content (AvgIpc) is 2.79. The van der Waals surface area contributed by atoms with Crippen LogP contribution in [0.5, 0.6) is 0 Å². The van der Waals surface area contributed by atoms with Gasteiger partial charge in [-0.05, 0) is 17.7 Å². The first-order chi connectivity index (χ1) is 9.31. The Morgan fingerprint density at radius 3 is 2.53 bits per heavy atom. The maximum atomic E-state index is 3.83. The predicted molar refractivity (Wildman–Crippen MR) is 85.3 cm³/mol. The summed E-state index contributed by atoms with van der Waals surface area (Å²) < 4.78 is 3.36. The zero-order valence-corrected chi connectivity index (χ0v) is 12.1. The number of benzene rings is 2. The summed E-state index contributed by atoms with van der Waals surface area (Å²) in [6, 6.07) is 16.8. The summed E-state index contributed by atoms with van der Waals surface area (Å²) in [5.41, 5.74) is 3.72. The lowest BCUT2D eigenvalue weighted by Gasteiger charge is -2.02. The lowest BCUT2D eigenvalue weighted by molar-refractivity contribution is 0.866. The van der Waals surface area contributed by atoms with E-state index in [9.17, 15) is 0 Å². The number of hydrogen-bond donors (Lipinski definition) is 0. The maximum Gasteiger partial charge on any atom is 0.0489 e. The Labute approximate surface area is 121 Å². The predicted octanol–water partition coefficient (Wildman–Crippen LogP) is 5.26. The second-order valence-electron chi connectivity index (χ2n) is 4.48. The van der Waals surface area contributed by atoms with Gasteiger partial charge in [0.05, 0.1) is 0 Å². The lowest BCUT2D eigenvalue weighted by atomic mass is 10.1. The third-order valence-corrected chi connectivity index (χ3v) is 3.97. The van der Waals surface area contributed by atoms with E-state index in [0.29, 0.717) is 0 Å². The van der Waals surface area contributed by atoms with E-state index in [2.05, 4.69) is 75.7 Å². The molecule has 3 rings (SSSR count). The molecule has 2 heteroatoms. The van der Waals surface area contributed by atoms with Crippen LogP contribution in [-0.2, 0) is 6.54 Å². The summed E-state index contributed by atoms with van der Waals surface area (Å²) in [4.78, 5) is 0.